The quantitative estimate of drug-likeness (QED) is 0.543. The smallest absolute Gasteiger partial charge is 0.118 e. The summed E-state index contributed by atoms with van der Waals surface area (Å²) in [6.07, 6.45) is 1.43. The maximum absolute atomic E-state index is 13.0. The van der Waals surface area contributed by atoms with Crippen LogP contribution in [0.25, 0.3) is 0 Å². The molecule has 1 aliphatic heterocycles. The number of halogens is 2. The first kappa shape index (κ1) is 12.9. The SMILES string of the molecule is CC1(Br)CP(=O)(c2ccccc2)CC1(C)Br. The van der Waals surface area contributed by atoms with Crippen LogP contribution >= 0.6 is 39.0 Å². The Kier molecular flexibility index (Phi) is 3.19. The third kappa shape index (κ3) is 2.07. The van der Waals surface area contributed by atoms with Crippen LogP contribution in [0.5, 0.6) is 0 Å². The second-order valence-electron chi connectivity index (χ2n) is 4.94. The second kappa shape index (κ2) is 3.96. The van der Waals surface area contributed by atoms with Crippen molar-refractivity contribution in [1.82, 2.24) is 0 Å². The molecule has 88 valence electrons. The average molecular weight is 366 g/mol. The Bertz CT molecular complexity index is 420. The molecule has 1 heterocycles. The molecule has 1 aromatic rings. The van der Waals surface area contributed by atoms with E-state index in [9.17, 15) is 4.57 Å². The van der Waals surface area contributed by atoms with E-state index in [-0.39, 0.29) is 8.65 Å². The standard InChI is InChI=1S/C12H15Br2OP/c1-11(13)8-16(15,9-12(11,2)14)10-6-4-3-5-7-10/h3-7H,8-9H2,1-2H3. The van der Waals surface area contributed by atoms with Gasteiger partial charge >= 0.3 is 0 Å². The molecule has 0 spiro atoms. The lowest BCUT2D eigenvalue weighted by molar-refractivity contribution is 0.584. The fourth-order valence-corrected chi connectivity index (χ4v) is 9.18. The minimum atomic E-state index is -2.26. The number of rotatable bonds is 1. The van der Waals surface area contributed by atoms with Gasteiger partial charge in [0.15, 0.2) is 0 Å². The fraction of sp³-hybridized carbons (Fsp3) is 0.500. The number of hydrogen-bond donors (Lipinski definition) is 0. The molecule has 0 aromatic heterocycles. The lowest BCUT2D eigenvalue weighted by Gasteiger charge is -2.29. The van der Waals surface area contributed by atoms with Crippen LogP contribution in [0.2, 0.25) is 0 Å². The Morgan fingerprint density at radius 2 is 1.50 bits per heavy atom. The summed E-state index contributed by atoms with van der Waals surface area (Å²) in [6, 6.07) is 9.86. The Morgan fingerprint density at radius 1 is 1.06 bits per heavy atom. The highest BCUT2D eigenvalue weighted by Gasteiger charge is 2.55. The Labute approximate surface area is 114 Å². The lowest BCUT2D eigenvalue weighted by Crippen LogP contribution is -2.37. The normalized spacial score (nSPS) is 43.5. The molecular weight excluding hydrogens is 351 g/mol. The topological polar surface area (TPSA) is 17.1 Å². The highest BCUT2D eigenvalue weighted by atomic mass is 79.9. The molecule has 0 bridgehead atoms. The van der Waals surface area contributed by atoms with Gasteiger partial charge in [0.05, 0.1) is 0 Å². The van der Waals surface area contributed by atoms with Crippen molar-refractivity contribution in [2.24, 2.45) is 0 Å². The zero-order valence-electron chi connectivity index (χ0n) is 9.41. The maximum Gasteiger partial charge on any atom is 0.118 e. The predicted octanol–water partition coefficient (Wildman–Crippen LogP) is 4.00. The van der Waals surface area contributed by atoms with Gasteiger partial charge < -0.3 is 4.57 Å². The fourth-order valence-electron chi connectivity index (χ4n) is 2.23. The van der Waals surface area contributed by atoms with Crippen LogP contribution < -0.4 is 5.30 Å². The summed E-state index contributed by atoms with van der Waals surface area (Å²) < 4.78 is 12.8. The third-order valence-corrected chi connectivity index (χ3v) is 10.7. The first-order chi connectivity index (χ1) is 7.27. The van der Waals surface area contributed by atoms with Crippen molar-refractivity contribution < 1.29 is 4.57 Å². The van der Waals surface area contributed by atoms with E-state index in [2.05, 4.69) is 45.7 Å². The zero-order chi connectivity index (χ0) is 12.0. The van der Waals surface area contributed by atoms with Crippen LogP contribution in [0.15, 0.2) is 30.3 Å². The van der Waals surface area contributed by atoms with Crippen LogP contribution in [-0.2, 0) is 4.57 Å². The summed E-state index contributed by atoms with van der Waals surface area (Å²) in [5.41, 5.74) is 0. The highest BCUT2D eigenvalue weighted by Crippen LogP contribution is 2.63. The van der Waals surface area contributed by atoms with E-state index in [4.69, 9.17) is 0 Å². The van der Waals surface area contributed by atoms with Crippen molar-refractivity contribution >= 4 is 44.3 Å². The van der Waals surface area contributed by atoms with Crippen LogP contribution in [0.4, 0.5) is 0 Å². The van der Waals surface area contributed by atoms with Crippen LogP contribution in [0.3, 0.4) is 0 Å². The van der Waals surface area contributed by atoms with Crippen LogP contribution in [-0.4, -0.2) is 21.0 Å². The first-order valence-electron chi connectivity index (χ1n) is 5.28. The zero-order valence-corrected chi connectivity index (χ0v) is 13.5. The predicted molar refractivity (Wildman–Crippen MR) is 78.1 cm³/mol. The van der Waals surface area contributed by atoms with Gasteiger partial charge in [-0.25, -0.2) is 0 Å². The van der Waals surface area contributed by atoms with Gasteiger partial charge in [-0.2, -0.15) is 0 Å². The van der Waals surface area contributed by atoms with Gasteiger partial charge in [-0.3, -0.25) is 0 Å². The van der Waals surface area contributed by atoms with E-state index in [0.717, 1.165) is 5.30 Å². The molecule has 1 aliphatic rings. The maximum atomic E-state index is 13.0. The molecule has 0 radical (unpaired) electrons. The summed E-state index contributed by atoms with van der Waals surface area (Å²) in [7, 11) is -2.26. The van der Waals surface area contributed by atoms with Crippen molar-refractivity contribution in [1.29, 1.82) is 0 Å². The van der Waals surface area contributed by atoms with Gasteiger partial charge in [0.1, 0.15) is 7.14 Å². The van der Waals surface area contributed by atoms with Crippen LogP contribution in [0.1, 0.15) is 13.8 Å². The summed E-state index contributed by atoms with van der Waals surface area (Å²) >= 11 is 7.44. The van der Waals surface area contributed by atoms with E-state index in [1.807, 2.05) is 30.3 Å². The molecule has 1 fully saturated rings. The first-order valence-corrected chi connectivity index (χ1v) is 8.95. The van der Waals surface area contributed by atoms with E-state index in [1.165, 1.54) is 0 Å². The van der Waals surface area contributed by atoms with E-state index < -0.39 is 7.14 Å². The van der Waals surface area contributed by atoms with Crippen molar-refractivity contribution in [2.75, 3.05) is 12.3 Å². The highest BCUT2D eigenvalue weighted by molar-refractivity contribution is 9.13. The average Bonchev–Trinajstić information content (AvgIpc) is 2.33. The molecule has 1 aromatic carbocycles. The summed E-state index contributed by atoms with van der Waals surface area (Å²) in [5.74, 6) is 0. The van der Waals surface area contributed by atoms with E-state index >= 15 is 0 Å². The number of alkyl halides is 2. The van der Waals surface area contributed by atoms with Crippen molar-refractivity contribution in [3.05, 3.63) is 30.3 Å². The molecular formula is C12H15Br2OP. The molecule has 4 heteroatoms. The molecule has 2 atom stereocenters. The van der Waals surface area contributed by atoms with E-state index in [0.29, 0.717) is 12.3 Å². The molecule has 1 saturated heterocycles. The summed E-state index contributed by atoms with van der Waals surface area (Å²) in [5, 5.41) is 1.00. The third-order valence-electron chi connectivity index (χ3n) is 3.42. The van der Waals surface area contributed by atoms with Gasteiger partial charge in [-0.05, 0) is 13.8 Å². The van der Waals surface area contributed by atoms with Gasteiger partial charge in [-0.1, -0.05) is 62.2 Å². The summed E-state index contributed by atoms with van der Waals surface area (Å²) in [4.78, 5) is 0. The van der Waals surface area contributed by atoms with Crippen molar-refractivity contribution in [3.8, 4) is 0 Å². The Hall–Kier alpha value is 0.410. The molecule has 0 amide bonds. The monoisotopic (exact) mass is 364 g/mol. The lowest BCUT2D eigenvalue weighted by atomic mass is 10.0. The van der Waals surface area contributed by atoms with Crippen LogP contribution in [0, 0.1) is 0 Å². The molecule has 16 heavy (non-hydrogen) atoms. The molecule has 2 unspecified atom stereocenters. The molecule has 0 aliphatic carbocycles. The van der Waals surface area contributed by atoms with Gasteiger partial charge in [-0.15, -0.1) is 0 Å². The van der Waals surface area contributed by atoms with Gasteiger partial charge in [0, 0.05) is 26.3 Å². The minimum Gasteiger partial charge on any atom is -0.319 e. The Balaban J connectivity index is 2.42. The second-order valence-corrected chi connectivity index (χ2v) is 11.4. The molecule has 0 saturated carbocycles. The van der Waals surface area contributed by atoms with Gasteiger partial charge in [0.2, 0.25) is 0 Å². The number of benzene rings is 1. The molecule has 0 N–H and O–H groups in total. The number of hydrogen-bond acceptors (Lipinski definition) is 1. The minimum absolute atomic E-state index is 0.106. The molecule has 1 nitrogen and oxygen atoms in total. The Morgan fingerprint density at radius 3 is 1.94 bits per heavy atom. The van der Waals surface area contributed by atoms with Crippen molar-refractivity contribution in [3.63, 3.8) is 0 Å². The summed E-state index contributed by atoms with van der Waals surface area (Å²) in [6.45, 7) is 4.23. The molecule has 2 rings (SSSR count). The van der Waals surface area contributed by atoms with Gasteiger partial charge in [0.25, 0.3) is 0 Å². The van der Waals surface area contributed by atoms with Crippen molar-refractivity contribution in [2.45, 2.75) is 22.5 Å². The van der Waals surface area contributed by atoms with E-state index in [1.54, 1.807) is 0 Å². The largest absolute Gasteiger partial charge is 0.319 e.